The average molecular weight is 439 g/mol. The molecule has 0 aliphatic rings. The van der Waals surface area contributed by atoms with Gasteiger partial charge in [-0.2, -0.15) is 0 Å². The molecule has 150 valence electrons. The van der Waals surface area contributed by atoms with Crippen LogP contribution in [0.4, 0.5) is 11.4 Å². The molecule has 0 atom stereocenters. The fourth-order valence-electron chi connectivity index (χ4n) is 2.76. The zero-order valence-electron chi connectivity index (χ0n) is 15.7. The lowest BCUT2D eigenvalue weighted by Gasteiger charge is -2.11. The third-order valence-electron chi connectivity index (χ3n) is 4.28. The minimum absolute atomic E-state index is 0.283. The van der Waals surface area contributed by atoms with Crippen molar-refractivity contribution in [1.82, 2.24) is 20.2 Å². The second-order valence-electron chi connectivity index (χ2n) is 6.34. The molecule has 4 aromatic rings. The Labute approximate surface area is 180 Å². The molecule has 2 heterocycles. The fraction of sp³-hybridized carbons (Fsp3) is 0.0500. The maximum absolute atomic E-state index is 12.8. The second-order valence-corrected chi connectivity index (χ2v) is 7.69. The first-order chi connectivity index (χ1) is 14.5. The second kappa shape index (κ2) is 8.44. The summed E-state index contributed by atoms with van der Waals surface area (Å²) >= 11 is 7.52. The first-order valence-electron chi connectivity index (χ1n) is 8.81. The third kappa shape index (κ3) is 4.22. The van der Waals surface area contributed by atoms with Crippen LogP contribution in [-0.2, 0) is 0 Å². The van der Waals surface area contributed by atoms with Crippen molar-refractivity contribution < 1.29 is 9.59 Å². The summed E-state index contributed by atoms with van der Waals surface area (Å²) in [6.07, 6.45) is 1.48. The molecule has 2 N–H and O–H groups in total. The molecule has 0 fully saturated rings. The topological polar surface area (TPSA) is 102 Å². The number of halogens is 1. The Morgan fingerprint density at radius 1 is 1.07 bits per heavy atom. The highest BCUT2D eigenvalue weighted by Crippen LogP contribution is 2.25. The van der Waals surface area contributed by atoms with Gasteiger partial charge in [0.25, 0.3) is 11.8 Å². The smallest absolute Gasteiger partial charge is 0.265 e. The van der Waals surface area contributed by atoms with Crippen molar-refractivity contribution in [1.29, 1.82) is 0 Å². The number of rotatable bonds is 5. The molecule has 2 aromatic heterocycles. The van der Waals surface area contributed by atoms with Gasteiger partial charge in [-0.3, -0.25) is 9.59 Å². The van der Waals surface area contributed by atoms with Crippen LogP contribution in [0.25, 0.3) is 5.69 Å². The van der Waals surface area contributed by atoms with E-state index < -0.39 is 0 Å². The molecule has 0 unspecified atom stereocenters. The minimum Gasteiger partial charge on any atom is -0.322 e. The van der Waals surface area contributed by atoms with Crippen molar-refractivity contribution in [3.63, 3.8) is 0 Å². The molecular weight excluding hydrogens is 424 g/mol. The molecule has 0 aliphatic heterocycles. The van der Waals surface area contributed by atoms with E-state index in [-0.39, 0.29) is 11.8 Å². The average Bonchev–Trinajstić information content (AvgIpc) is 3.45. The summed E-state index contributed by atoms with van der Waals surface area (Å²) in [5.41, 5.74) is 2.99. The maximum Gasteiger partial charge on any atom is 0.265 e. The molecule has 8 nitrogen and oxygen atoms in total. The summed E-state index contributed by atoms with van der Waals surface area (Å²) in [6.45, 7) is 1.92. The van der Waals surface area contributed by atoms with Crippen LogP contribution in [0.3, 0.4) is 0 Å². The van der Waals surface area contributed by atoms with Crippen LogP contribution in [-0.4, -0.2) is 32.0 Å². The lowest BCUT2D eigenvalue weighted by molar-refractivity contribution is 0.101. The number of tetrazole rings is 1. The molecule has 2 aromatic carbocycles. The van der Waals surface area contributed by atoms with E-state index in [1.165, 1.54) is 22.3 Å². The van der Waals surface area contributed by atoms with Crippen LogP contribution >= 0.6 is 22.9 Å². The minimum atomic E-state index is -0.343. The summed E-state index contributed by atoms with van der Waals surface area (Å²) in [4.78, 5) is 25.6. The summed E-state index contributed by atoms with van der Waals surface area (Å²) in [5, 5.41) is 18.9. The van der Waals surface area contributed by atoms with Gasteiger partial charge in [0.05, 0.1) is 21.3 Å². The molecular formula is C20H15ClN6O2S. The summed E-state index contributed by atoms with van der Waals surface area (Å²) in [6, 6.07) is 13.6. The predicted molar refractivity (Wildman–Crippen MR) is 116 cm³/mol. The standard InChI is InChI=1S/C20H15ClN6O2S/c1-12-4-6-14(10-17(12)27-11-22-25-26-27)23-19(28)13-5-7-15(21)16(9-13)24-20(29)18-3-2-8-30-18/h2-11H,1H3,(H,23,28)(H,24,29). The number of carbonyl (C=O) groups is 2. The molecule has 0 saturated heterocycles. The fourth-order valence-corrected chi connectivity index (χ4v) is 3.55. The van der Waals surface area contributed by atoms with Crippen molar-refractivity contribution in [2.75, 3.05) is 10.6 Å². The Morgan fingerprint density at radius 3 is 2.67 bits per heavy atom. The highest BCUT2D eigenvalue weighted by Gasteiger charge is 2.14. The van der Waals surface area contributed by atoms with Crippen LogP contribution in [0.15, 0.2) is 60.2 Å². The van der Waals surface area contributed by atoms with E-state index in [0.29, 0.717) is 26.8 Å². The molecule has 0 radical (unpaired) electrons. The number of hydrogen-bond donors (Lipinski definition) is 2. The number of anilines is 2. The van der Waals surface area contributed by atoms with E-state index in [0.717, 1.165) is 11.3 Å². The SMILES string of the molecule is Cc1ccc(NC(=O)c2ccc(Cl)c(NC(=O)c3cccs3)c2)cc1-n1cnnn1. The Hall–Kier alpha value is -3.56. The summed E-state index contributed by atoms with van der Waals surface area (Å²) in [5.74, 6) is -0.626. The lowest BCUT2D eigenvalue weighted by Crippen LogP contribution is -2.14. The van der Waals surface area contributed by atoms with E-state index in [4.69, 9.17) is 11.6 Å². The zero-order valence-corrected chi connectivity index (χ0v) is 17.2. The van der Waals surface area contributed by atoms with Gasteiger partial charge in [0.2, 0.25) is 0 Å². The molecule has 10 heteroatoms. The number of nitrogens with one attached hydrogen (secondary N) is 2. The number of hydrogen-bond acceptors (Lipinski definition) is 6. The van der Waals surface area contributed by atoms with Crippen molar-refractivity contribution in [2.24, 2.45) is 0 Å². The van der Waals surface area contributed by atoms with Crippen LogP contribution in [0, 0.1) is 6.92 Å². The summed E-state index contributed by atoms with van der Waals surface area (Å²) in [7, 11) is 0. The quantitative estimate of drug-likeness (QED) is 0.486. The van der Waals surface area contributed by atoms with Crippen molar-refractivity contribution in [3.8, 4) is 5.69 Å². The van der Waals surface area contributed by atoms with E-state index in [9.17, 15) is 9.59 Å². The highest BCUT2D eigenvalue weighted by molar-refractivity contribution is 7.12. The Morgan fingerprint density at radius 2 is 1.93 bits per heavy atom. The van der Waals surface area contributed by atoms with Gasteiger partial charge in [-0.05, 0) is 64.7 Å². The third-order valence-corrected chi connectivity index (χ3v) is 5.48. The number of aryl methyl sites for hydroxylation is 1. The molecule has 0 spiro atoms. The Balaban J connectivity index is 1.54. The van der Waals surface area contributed by atoms with Gasteiger partial charge >= 0.3 is 0 Å². The Kier molecular flexibility index (Phi) is 5.55. The van der Waals surface area contributed by atoms with E-state index in [1.54, 1.807) is 42.5 Å². The van der Waals surface area contributed by atoms with Crippen LogP contribution in [0.5, 0.6) is 0 Å². The van der Waals surface area contributed by atoms with Crippen LogP contribution in [0.2, 0.25) is 5.02 Å². The van der Waals surface area contributed by atoms with Crippen molar-refractivity contribution >= 4 is 46.1 Å². The molecule has 2 amide bonds. The van der Waals surface area contributed by atoms with E-state index in [2.05, 4.69) is 26.2 Å². The van der Waals surface area contributed by atoms with Gasteiger partial charge in [0.1, 0.15) is 6.33 Å². The molecule has 0 bridgehead atoms. The van der Waals surface area contributed by atoms with Gasteiger partial charge in [0, 0.05) is 11.3 Å². The molecule has 4 rings (SSSR count). The van der Waals surface area contributed by atoms with E-state index in [1.807, 2.05) is 18.4 Å². The van der Waals surface area contributed by atoms with Gasteiger partial charge in [-0.1, -0.05) is 23.7 Å². The van der Waals surface area contributed by atoms with Gasteiger partial charge in [-0.15, -0.1) is 16.4 Å². The largest absolute Gasteiger partial charge is 0.322 e. The van der Waals surface area contributed by atoms with Crippen molar-refractivity contribution in [3.05, 3.63) is 81.3 Å². The van der Waals surface area contributed by atoms with Gasteiger partial charge in [-0.25, -0.2) is 4.68 Å². The van der Waals surface area contributed by atoms with Crippen LogP contribution in [0.1, 0.15) is 25.6 Å². The number of nitrogens with zero attached hydrogens (tertiary/aromatic N) is 4. The van der Waals surface area contributed by atoms with Gasteiger partial charge in [0.15, 0.2) is 0 Å². The van der Waals surface area contributed by atoms with Crippen LogP contribution < -0.4 is 10.6 Å². The first-order valence-corrected chi connectivity index (χ1v) is 10.1. The maximum atomic E-state index is 12.8. The van der Waals surface area contributed by atoms with Gasteiger partial charge < -0.3 is 10.6 Å². The molecule has 0 aliphatic carbocycles. The number of benzene rings is 2. The monoisotopic (exact) mass is 438 g/mol. The normalized spacial score (nSPS) is 10.6. The number of aromatic nitrogens is 4. The Bertz CT molecular complexity index is 1210. The molecule has 0 saturated carbocycles. The van der Waals surface area contributed by atoms with Crippen molar-refractivity contribution in [2.45, 2.75) is 6.92 Å². The lowest BCUT2D eigenvalue weighted by atomic mass is 10.1. The van der Waals surface area contributed by atoms with E-state index >= 15 is 0 Å². The first kappa shape index (κ1) is 19.7. The number of thiophene rings is 1. The molecule has 30 heavy (non-hydrogen) atoms. The number of amides is 2. The highest BCUT2D eigenvalue weighted by atomic mass is 35.5. The number of carbonyl (C=O) groups excluding carboxylic acids is 2. The summed E-state index contributed by atoms with van der Waals surface area (Å²) < 4.78 is 1.52. The zero-order chi connectivity index (χ0) is 21.1. The predicted octanol–water partition coefficient (Wildman–Crippen LogP) is 4.19.